The maximum absolute atomic E-state index is 12.0. The second kappa shape index (κ2) is 5.15. The largest absolute Gasteiger partial charge is 0.480 e. The molecule has 1 heterocycles. The Morgan fingerprint density at radius 2 is 2.05 bits per heavy atom. The summed E-state index contributed by atoms with van der Waals surface area (Å²) >= 11 is 0. The van der Waals surface area contributed by atoms with Crippen molar-refractivity contribution in [1.82, 2.24) is 4.90 Å². The second-order valence-electron chi connectivity index (χ2n) is 4.41. The summed E-state index contributed by atoms with van der Waals surface area (Å²) in [6, 6.07) is 5.09. The van der Waals surface area contributed by atoms with Crippen molar-refractivity contribution < 1.29 is 19.8 Å². The highest BCUT2D eigenvalue weighted by atomic mass is 16.4. The van der Waals surface area contributed by atoms with Crippen molar-refractivity contribution in [3.63, 3.8) is 0 Å². The Kier molecular flexibility index (Phi) is 3.57. The average molecular weight is 265 g/mol. The van der Waals surface area contributed by atoms with Gasteiger partial charge in [0.1, 0.15) is 6.04 Å². The molecule has 19 heavy (non-hydrogen) atoms. The highest BCUT2D eigenvalue weighted by molar-refractivity contribution is 5.95. The third-order valence-electron chi connectivity index (χ3n) is 3.03. The highest BCUT2D eigenvalue weighted by Crippen LogP contribution is 2.22. The zero-order chi connectivity index (χ0) is 14.0. The molecular weight excluding hydrogens is 250 g/mol. The predicted octanol–water partition coefficient (Wildman–Crippen LogP) is 0.320. The number of anilines is 2. The zero-order valence-electron chi connectivity index (χ0n) is 10.1. The van der Waals surface area contributed by atoms with E-state index in [1.54, 1.807) is 24.3 Å². The summed E-state index contributed by atoms with van der Waals surface area (Å²) in [6.07, 6.45) is -0.785. The molecule has 1 saturated heterocycles. The molecule has 0 aromatic heterocycles. The van der Waals surface area contributed by atoms with Crippen LogP contribution in [0.15, 0.2) is 24.3 Å². The van der Waals surface area contributed by atoms with Crippen molar-refractivity contribution in [3.8, 4) is 0 Å². The number of urea groups is 1. The number of benzene rings is 1. The topological polar surface area (TPSA) is 116 Å². The maximum Gasteiger partial charge on any atom is 0.326 e. The SMILES string of the molecule is Nc1ccccc1NC(=O)N1C[C@@H](O)C[C@H]1C(=O)O. The minimum atomic E-state index is -1.13. The summed E-state index contributed by atoms with van der Waals surface area (Å²) in [5, 5.41) is 21.0. The number of para-hydroxylation sites is 2. The third-order valence-corrected chi connectivity index (χ3v) is 3.03. The fourth-order valence-corrected chi connectivity index (χ4v) is 2.07. The molecule has 0 radical (unpaired) electrons. The molecule has 7 heteroatoms. The number of nitrogens with two attached hydrogens (primary N) is 1. The Bertz CT molecular complexity index is 506. The van der Waals surface area contributed by atoms with Gasteiger partial charge in [-0.15, -0.1) is 0 Å². The van der Waals surface area contributed by atoms with Crippen molar-refractivity contribution in [3.05, 3.63) is 24.3 Å². The van der Waals surface area contributed by atoms with Crippen LogP contribution < -0.4 is 11.1 Å². The summed E-state index contributed by atoms with van der Waals surface area (Å²) in [5.74, 6) is -1.13. The van der Waals surface area contributed by atoms with Crippen LogP contribution in [0.3, 0.4) is 0 Å². The number of carbonyl (C=O) groups is 2. The lowest BCUT2D eigenvalue weighted by atomic mass is 10.2. The van der Waals surface area contributed by atoms with Gasteiger partial charge < -0.3 is 26.2 Å². The summed E-state index contributed by atoms with van der Waals surface area (Å²) in [6.45, 7) is -0.00443. The smallest absolute Gasteiger partial charge is 0.326 e. The van der Waals surface area contributed by atoms with Gasteiger partial charge in [0, 0.05) is 13.0 Å². The van der Waals surface area contributed by atoms with E-state index in [2.05, 4.69) is 5.32 Å². The van der Waals surface area contributed by atoms with Crippen LogP contribution in [0, 0.1) is 0 Å². The van der Waals surface area contributed by atoms with Gasteiger partial charge in [0.15, 0.2) is 0 Å². The number of β-amino-alcohol motifs (C(OH)–C–C–N with tert-alkyl or cyclic N) is 1. The number of hydrogen-bond donors (Lipinski definition) is 4. The van der Waals surface area contributed by atoms with Crippen LogP contribution in [0.5, 0.6) is 0 Å². The fraction of sp³-hybridized carbons (Fsp3) is 0.333. The normalized spacial score (nSPS) is 22.3. The number of carboxylic acids is 1. The number of likely N-dealkylation sites (tertiary alicyclic amines) is 1. The molecule has 1 aromatic rings. The van der Waals surface area contributed by atoms with Gasteiger partial charge in [-0.1, -0.05) is 12.1 Å². The van der Waals surface area contributed by atoms with E-state index >= 15 is 0 Å². The molecular formula is C12H15N3O4. The standard InChI is InChI=1S/C12H15N3O4/c13-8-3-1-2-4-9(8)14-12(19)15-6-7(16)5-10(15)11(17)18/h1-4,7,10,16H,5-6,13H2,(H,14,19)(H,17,18)/t7-,10-/m0/s1. The van der Waals surface area contributed by atoms with E-state index < -0.39 is 24.1 Å². The van der Waals surface area contributed by atoms with Gasteiger partial charge in [-0.25, -0.2) is 9.59 Å². The Hall–Kier alpha value is -2.28. The highest BCUT2D eigenvalue weighted by Gasteiger charge is 2.39. The van der Waals surface area contributed by atoms with E-state index in [4.69, 9.17) is 10.8 Å². The third kappa shape index (κ3) is 2.76. The van der Waals surface area contributed by atoms with E-state index in [9.17, 15) is 14.7 Å². The average Bonchev–Trinajstić information content (AvgIpc) is 2.74. The molecule has 0 unspecified atom stereocenters. The number of aliphatic hydroxyl groups excluding tert-OH is 1. The number of rotatable bonds is 2. The van der Waals surface area contributed by atoms with Gasteiger partial charge in [-0.05, 0) is 12.1 Å². The summed E-state index contributed by atoms with van der Waals surface area (Å²) < 4.78 is 0. The first-order valence-electron chi connectivity index (χ1n) is 5.82. The van der Waals surface area contributed by atoms with Gasteiger partial charge in [0.05, 0.1) is 17.5 Å². The molecule has 0 spiro atoms. The van der Waals surface area contributed by atoms with Crippen LogP contribution in [0.25, 0.3) is 0 Å². The number of hydrogen-bond acceptors (Lipinski definition) is 4. The van der Waals surface area contributed by atoms with E-state index in [1.807, 2.05) is 0 Å². The van der Waals surface area contributed by atoms with Crippen LogP contribution in [0.2, 0.25) is 0 Å². The molecule has 102 valence electrons. The summed E-state index contributed by atoms with van der Waals surface area (Å²) in [5.41, 5.74) is 6.50. The van der Waals surface area contributed by atoms with Crippen molar-refractivity contribution in [1.29, 1.82) is 0 Å². The van der Waals surface area contributed by atoms with Crippen molar-refractivity contribution in [2.75, 3.05) is 17.6 Å². The van der Waals surface area contributed by atoms with E-state index in [-0.39, 0.29) is 13.0 Å². The van der Waals surface area contributed by atoms with Crippen LogP contribution in [-0.2, 0) is 4.79 Å². The maximum atomic E-state index is 12.0. The van der Waals surface area contributed by atoms with Gasteiger partial charge >= 0.3 is 12.0 Å². The zero-order valence-corrected chi connectivity index (χ0v) is 10.1. The second-order valence-corrected chi connectivity index (χ2v) is 4.41. The van der Waals surface area contributed by atoms with Gasteiger partial charge in [0.25, 0.3) is 0 Å². The molecule has 7 nitrogen and oxygen atoms in total. The number of aliphatic carboxylic acids is 1. The Balaban J connectivity index is 2.11. The van der Waals surface area contributed by atoms with E-state index in [0.29, 0.717) is 11.4 Å². The minimum Gasteiger partial charge on any atom is -0.480 e. The molecule has 1 aromatic carbocycles. The quantitative estimate of drug-likeness (QED) is 0.575. The number of nitrogens with zero attached hydrogens (tertiary/aromatic N) is 1. The molecule has 2 rings (SSSR count). The molecule has 0 bridgehead atoms. The number of nitrogen functional groups attached to an aromatic ring is 1. The van der Waals surface area contributed by atoms with Crippen LogP contribution in [-0.4, -0.2) is 45.8 Å². The van der Waals surface area contributed by atoms with Gasteiger partial charge in [0.2, 0.25) is 0 Å². The number of carboxylic acid groups (broad SMARTS) is 1. The molecule has 2 amide bonds. The Morgan fingerprint density at radius 3 is 2.68 bits per heavy atom. The lowest BCUT2D eigenvalue weighted by molar-refractivity contribution is -0.141. The lowest BCUT2D eigenvalue weighted by Gasteiger charge is -2.22. The van der Waals surface area contributed by atoms with Gasteiger partial charge in [-0.2, -0.15) is 0 Å². The first kappa shape index (κ1) is 13.2. The number of amides is 2. The fourth-order valence-electron chi connectivity index (χ4n) is 2.07. The summed E-state index contributed by atoms with van der Waals surface area (Å²) in [7, 11) is 0. The molecule has 1 fully saturated rings. The molecule has 0 aliphatic carbocycles. The van der Waals surface area contributed by atoms with Crippen molar-refractivity contribution in [2.24, 2.45) is 0 Å². The Morgan fingerprint density at radius 1 is 1.37 bits per heavy atom. The van der Waals surface area contributed by atoms with E-state index in [1.165, 1.54) is 0 Å². The first-order chi connectivity index (χ1) is 8.99. The predicted molar refractivity (Wildman–Crippen MR) is 68.6 cm³/mol. The van der Waals surface area contributed by atoms with E-state index in [0.717, 1.165) is 4.90 Å². The lowest BCUT2D eigenvalue weighted by Crippen LogP contribution is -2.43. The molecule has 2 atom stereocenters. The molecule has 0 saturated carbocycles. The molecule has 5 N–H and O–H groups in total. The van der Waals surface area contributed by atoms with Crippen molar-refractivity contribution >= 4 is 23.4 Å². The molecule has 1 aliphatic heterocycles. The van der Waals surface area contributed by atoms with Crippen molar-refractivity contribution in [2.45, 2.75) is 18.6 Å². The number of aliphatic hydroxyl groups is 1. The monoisotopic (exact) mass is 265 g/mol. The van der Waals surface area contributed by atoms with Gasteiger partial charge in [-0.3, -0.25) is 0 Å². The van der Waals surface area contributed by atoms with Crippen LogP contribution in [0.4, 0.5) is 16.2 Å². The molecule has 1 aliphatic rings. The number of carbonyl (C=O) groups excluding carboxylic acids is 1. The first-order valence-corrected chi connectivity index (χ1v) is 5.82. The van der Waals surface area contributed by atoms with Crippen LogP contribution in [0.1, 0.15) is 6.42 Å². The van der Waals surface area contributed by atoms with Crippen LogP contribution >= 0.6 is 0 Å². The summed E-state index contributed by atoms with van der Waals surface area (Å²) in [4.78, 5) is 24.1. The number of nitrogens with one attached hydrogen (secondary N) is 1. The minimum absolute atomic E-state index is 0.00443. The Labute approximate surface area is 109 Å².